The average Bonchev–Trinajstić information content (AvgIpc) is 2.84. The molecule has 0 fully saturated rings. The van der Waals surface area contributed by atoms with Crippen LogP contribution in [0.1, 0.15) is 5.56 Å². The third-order valence-corrected chi connectivity index (χ3v) is 4.22. The molecule has 0 bridgehead atoms. The summed E-state index contributed by atoms with van der Waals surface area (Å²) < 4.78 is 12.8. The summed E-state index contributed by atoms with van der Waals surface area (Å²) in [5.74, 6) is -0.307. The number of halogens is 2. The molecule has 2 nitrogen and oxygen atoms in total. The Labute approximate surface area is 130 Å². The van der Waals surface area contributed by atoms with Crippen LogP contribution < -0.4 is 0 Å². The molecule has 3 aromatic rings. The summed E-state index contributed by atoms with van der Waals surface area (Å²) >= 11 is 7.10. The molecule has 0 saturated carbocycles. The van der Waals surface area contributed by atoms with E-state index in [4.69, 9.17) is 11.6 Å². The van der Waals surface area contributed by atoms with Gasteiger partial charge in [0.25, 0.3) is 0 Å². The summed E-state index contributed by atoms with van der Waals surface area (Å²) in [7, 11) is 0. The van der Waals surface area contributed by atoms with Gasteiger partial charge >= 0.3 is 0 Å². The molecule has 1 heterocycles. The van der Waals surface area contributed by atoms with Gasteiger partial charge in [-0.2, -0.15) is 0 Å². The van der Waals surface area contributed by atoms with E-state index in [0.29, 0.717) is 11.4 Å². The van der Waals surface area contributed by atoms with Gasteiger partial charge < -0.3 is 4.98 Å². The maximum atomic E-state index is 12.8. The first-order valence-corrected chi connectivity index (χ1v) is 7.53. The van der Waals surface area contributed by atoms with Crippen LogP contribution in [0.2, 0.25) is 5.02 Å². The zero-order valence-corrected chi connectivity index (χ0v) is 12.5. The van der Waals surface area contributed by atoms with Crippen molar-refractivity contribution in [3.8, 4) is 0 Å². The predicted octanol–water partition coefficient (Wildman–Crippen LogP) is 4.82. The molecular weight excluding hydrogens is 309 g/mol. The number of hydrogen-bond acceptors (Lipinski definition) is 2. The number of hydrogen-bond donors (Lipinski definition) is 1. The number of nitrogens with one attached hydrogen (secondary N) is 1. The maximum absolute atomic E-state index is 12.8. The van der Waals surface area contributed by atoms with Gasteiger partial charge in [-0.3, -0.25) is 4.79 Å². The second-order valence-corrected chi connectivity index (χ2v) is 6.18. The fraction of sp³-hybridized carbons (Fsp3) is 0.0625. The lowest BCUT2D eigenvalue weighted by molar-refractivity contribution is -0.110. The van der Waals surface area contributed by atoms with E-state index >= 15 is 0 Å². The molecule has 0 aliphatic heterocycles. The van der Waals surface area contributed by atoms with Crippen LogP contribution in [-0.4, -0.2) is 10.1 Å². The SMILES string of the molecule is O=C(Cc1c[nH]c2ccc(Cl)cc12)Sc1ccc(F)cc1. The van der Waals surface area contributed by atoms with Crippen LogP contribution in [0.5, 0.6) is 0 Å². The first kappa shape index (κ1) is 14.2. The third kappa shape index (κ3) is 3.28. The normalized spacial score (nSPS) is 11.0. The van der Waals surface area contributed by atoms with Crippen LogP contribution in [0.3, 0.4) is 0 Å². The summed E-state index contributed by atoms with van der Waals surface area (Å²) in [4.78, 5) is 16.0. The Morgan fingerprint density at radius 2 is 1.95 bits per heavy atom. The number of aromatic nitrogens is 1. The lowest BCUT2D eigenvalue weighted by atomic mass is 10.1. The lowest BCUT2D eigenvalue weighted by Crippen LogP contribution is -1.96. The molecular formula is C16H11ClFNOS. The zero-order valence-electron chi connectivity index (χ0n) is 10.9. The molecule has 5 heteroatoms. The molecule has 0 atom stereocenters. The van der Waals surface area contributed by atoms with E-state index in [1.165, 1.54) is 12.1 Å². The number of carbonyl (C=O) groups excluding carboxylic acids is 1. The number of carbonyl (C=O) groups is 1. The summed E-state index contributed by atoms with van der Waals surface area (Å²) in [6, 6.07) is 11.4. The highest BCUT2D eigenvalue weighted by molar-refractivity contribution is 8.13. The predicted molar refractivity (Wildman–Crippen MR) is 84.3 cm³/mol. The Morgan fingerprint density at radius 3 is 2.71 bits per heavy atom. The summed E-state index contributed by atoms with van der Waals surface area (Å²) in [5.41, 5.74) is 1.86. The molecule has 0 aliphatic rings. The molecule has 0 unspecified atom stereocenters. The maximum Gasteiger partial charge on any atom is 0.198 e. The van der Waals surface area contributed by atoms with Crippen molar-refractivity contribution in [3.05, 3.63) is 65.1 Å². The Bertz CT molecular complexity index is 798. The second kappa shape index (κ2) is 5.92. The Balaban J connectivity index is 1.77. The minimum Gasteiger partial charge on any atom is -0.361 e. The van der Waals surface area contributed by atoms with Gasteiger partial charge in [-0.1, -0.05) is 23.4 Å². The standard InChI is InChI=1S/C16H11ClFNOS/c17-11-1-6-15-14(8-11)10(9-19-15)7-16(20)21-13-4-2-12(18)3-5-13/h1-6,8-9,19H,7H2. The fourth-order valence-corrected chi connectivity index (χ4v) is 3.06. The van der Waals surface area contributed by atoms with Gasteiger partial charge in [-0.25, -0.2) is 4.39 Å². The van der Waals surface area contributed by atoms with Gasteiger partial charge in [0.05, 0.1) is 0 Å². The van der Waals surface area contributed by atoms with Crippen LogP contribution in [0.25, 0.3) is 10.9 Å². The highest BCUT2D eigenvalue weighted by atomic mass is 35.5. The molecule has 0 saturated heterocycles. The highest BCUT2D eigenvalue weighted by Crippen LogP contribution is 2.26. The van der Waals surface area contributed by atoms with E-state index in [1.807, 2.05) is 18.3 Å². The molecule has 0 amide bonds. The monoisotopic (exact) mass is 319 g/mol. The number of benzene rings is 2. The van der Waals surface area contributed by atoms with Crippen molar-refractivity contribution in [2.24, 2.45) is 0 Å². The van der Waals surface area contributed by atoms with Gasteiger partial charge in [-0.05, 0) is 48.0 Å². The number of thioether (sulfide) groups is 1. The van der Waals surface area contributed by atoms with E-state index in [9.17, 15) is 9.18 Å². The number of fused-ring (bicyclic) bond motifs is 1. The van der Waals surface area contributed by atoms with Gasteiger partial charge in [0, 0.05) is 33.4 Å². The molecule has 0 radical (unpaired) electrons. The van der Waals surface area contributed by atoms with E-state index in [1.54, 1.807) is 18.2 Å². The minimum atomic E-state index is -0.307. The van der Waals surface area contributed by atoms with Crippen molar-refractivity contribution in [1.29, 1.82) is 0 Å². The van der Waals surface area contributed by atoms with Crippen molar-refractivity contribution in [2.75, 3.05) is 0 Å². The Hall–Kier alpha value is -1.78. The van der Waals surface area contributed by atoms with Crippen molar-refractivity contribution < 1.29 is 9.18 Å². The molecule has 2 aromatic carbocycles. The Kier molecular flexibility index (Phi) is 3.99. The molecule has 0 aliphatic carbocycles. The largest absolute Gasteiger partial charge is 0.361 e. The molecule has 21 heavy (non-hydrogen) atoms. The molecule has 3 rings (SSSR count). The first-order valence-electron chi connectivity index (χ1n) is 6.33. The summed E-state index contributed by atoms with van der Waals surface area (Å²) in [5, 5.41) is 1.60. The third-order valence-electron chi connectivity index (χ3n) is 3.11. The molecule has 1 aromatic heterocycles. The average molecular weight is 320 g/mol. The van der Waals surface area contributed by atoms with E-state index < -0.39 is 0 Å². The van der Waals surface area contributed by atoms with Crippen molar-refractivity contribution in [1.82, 2.24) is 4.98 Å². The van der Waals surface area contributed by atoms with Gasteiger partial charge in [-0.15, -0.1) is 0 Å². The van der Waals surface area contributed by atoms with Crippen molar-refractivity contribution in [2.45, 2.75) is 11.3 Å². The van der Waals surface area contributed by atoms with Gasteiger partial charge in [0.2, 0.25) is 0 Å². The molecule has 1 N–H and O–H groups in total. The quantitative estimate of drug-likeness (QED) is 0.702. The minimum absolute atomic E-state index is 0.00230. The zero-order chi connectivity index (χ0) is 14.8. The summed E-state index contributed by atoms with van der Waals surface area (Å²) in [6.07, 6.45) is 2.12. The topological polar surface area (TPSA) is 32.9 Å². The van der Waals surface area contributed by atoms with Crippen LogP contribution in [0, 0.1) is 5.82 Å². The van der Waals surface area contributed by atoms with Crippen LogP contribution in [0.4, 0.5) is 4.39 Å². The number of H-pyrrole nitrogens is 1. The smallest absolute Gasteiger partial charge is 0.198 e. The summed E-state index contributed by atoms with van der Waals surface area (Å²) in [6.45, 7) is 0. The van der Waals surface area contributed by atoms with Crippen LogP contribution >= 0.6 is 23.4 Å². The number of aromatic amines is 1. The molecule has 106 valence electrons. The number of rotatable bonds is 3. The van der Waals surface area contributed by atoms with E-state index in [-0.39, 0.29) is 10.9 Å². The highest BCUT2D eigenvalue weighted by Gasteiger charge is 2.11. The second-order valence-electron chi connectivity index (χ2n) is 4.61. The Morgan fingerprint density at radius 1 is 1.19 bits per heavy atom. The van der Waals surface area contributed by atoms with Gasteiger partial charge in [0.15, 0.2) is 5.12 Å². The lowest BCUT2D eigenvalue weighted by Gasteiger charge is -2.01. The van der Waals surface area contributed by atoms with Crippen molar-refractivity contribution in [3.63, 3.8) is 0 Å². The first-order chi connectivity index (χ1) is 10.1. The van der Waals surface area contributed by atoms with Crippen LogP contribution in [-0.2, 0) is 11.2 Å². The van der Waals surface area contributed by atoms with Crippen molar-refractivity contribution >= 4 is 39.4 Å². The van der Waals surface area contributed by atoms with Crippen LogP contribution in [0.15, 0.2) is 53.6 Å². The van der Waals surface area contributed by atoms with Gasteiger partial charge in [0.1, 0.15) is 5.82 Å². The fourth-order valence-electron chi connectivity index (χ4n) is 2.12. The van der Waals surface area contributed by atoms with E-state index in [2.05, 4.69) is 4.98 Å². The molecule has 0 spiro atoms. The van der Waals surface area contributed by atoms with E-state index in [0.717, 1.165) is 33.1 Å².